The van der Waals surface area contributed by atoms with E-state index in [1.807, 2.05) is 25.1 Å². The molecule has 2 N–H and O–H groups in total. The number of thioether (sulfide) groups is 1. The molecule has 0 fully saturated rings. The summed E-state index contributed by atoms with van der Waals surface area (Å²) in [5.41, 5.74) is 7.96. The second-order valence-electron chi connectivity index (χ2n) is 3.95. The first-order valence-corrected chi connectivity index (χ1v) is 7.61. The van der Waals surface area contributed by atoms with E-state index in [2.05, 4.69) is 14.3 Å². The summed E-state index contributed by atoms with van der Waals surface area (Å²) in [6.45, 7) is 2.04. The Labute approximate surface area is 118 Å². The predicted molar refractivity (Wildman–Crippen MR) is 77.3 cm³/mol. The first-order valence-electron chi connectivity index (χ1n) is 5.85. The zero-order valence-corrected chi connectivity index (χ0v) is 11.9. The SMILES string of the molecule is CCc1nsc(SCc2nc3cc(N)ccc3o2)n1. The van der Waals surface area contributed by atoms with E-state index in [0.717, 1.165) is 27.7 Å². The topological polar surface area (TPSA) is 77.8 Å². The highest BCUT2D eigenvalue weighted by Gasteiger charge is 2.09. The van der Waals surface area contributed by atoms with Crippen molar-refractivity contribution in [1.82, 2.24) is 14.3 Å². The van der Waals surface area contributed by atoms with Crippen molar-refractivity contribution in [3.05, 3.63) is 29.9 Å². The fourth-order valence-corrected chi connectivity index (χ4v) is 3.16. The van der Waals surface area contributed by atoms with E-state index in [0.29, 0.717) is 17.3 Å². The molecule has 1 aromatic carbocycles. The lowest BCUT2D eigenvalue weighted by atomic mass is 10.3. The van der Waals surface area contributed by atoms with Crippen LogP contribution in [0.15, 0.2) is 27.0 Å². The Hall–Kier alpha value is -1.60. The van der Waals surface area contributed by atoms with Crippen LogP contribution in [0.4, 0.5) is 5.69 Å². The molecular formula is C12H12N4OS2. The normalized spacial score (nSPS) is 11.2. The van der Waals surface area contributed by atoms with Gasteiger partial charge in [-0.05, 0) is 29.7 Å². The fraction of sp³-hybridized carbons (Fsp3) is 0.250. The highest BCUT2D eigenvalue weighted by atomic mass is 32.2. The molecule has 0 aliphatic carbocycles. The first kappa shape index (κ1) is 12.4. The van der Waals surface area contributed by atoms with Crippen LogP contribution in [-0.4, -0.2) is 14.3 Å². The van der Waals surface area contributed by atoms with Crippen LogP contribution in [0.2, 0.25) is 0 Å². The number of aryl methyl sites for hydroxylation is 1. The molecule has 0 spiro atoms. The number of aromatic nitrogens is 3. The summed E-state index contributed by atoms with van der Waals surface area (Å²) in [6, 6.07) is 5.46. The number of hydrogen-bond donors (Lipinski definition) is 1. The second kappa shape index (κ2) is 5.18. The summed E-state index contributed by atoms with van der Waals surface area (Å²) < 4.78 is 10.8. The fourth-order valence-electron chi connectivity index (χ4n) is 1.62. The number of benzene rings is 1. The van der Waals surface area contributed by atoms with Crippen LogP contribution in [-0.2, 0) is 12.2 Å². The predicted octanol–water partition coefficient (Wildman–Crippen LogP) is 3.12. The van der Waals surface area contributed by atoms with Crippen LogP contribution in [0.25, 0.3) is 11.1 Å². The van der Waals surface area contributed by atoms with Gasteiger partial charge in [0.05, 0.1) is 5.75 Å². The Morgan fingerprint density at radius 1 is 1.37 bits per heavy atom. The lowest BCUT2D eigenvalue weighted by molar-refractivity contribution is 0.556. The highest BCUT2D eigenvalue weighted by molar-refractivity contribution is 8.00. The Balaban J connectivity index is 1.74. The van der Waals surface area contributed by atoms with Gasteiger partial charge in [0.1, 0.15) is 11.3 Å². The summed E-state index contributed by atoms with van der Waals surface area (Å²) >= 11 is 3.00. The molecule has 0 unspecified atom stereocenters. The number of nitrogens with zero attached hydrogens (tertiary/aromatic N) is 3. The molecule has 0 bridgehead atoms. The van der Waals surface area contributed by atoms with Crippen LogP contribution in [0.3, 0.4) is 0 Å². The maximum Gasteiger partial charge on any atom is 0.205 e. The zero-order valence-electron chi connectivity index (χ0n) is 10.3. The van der Waals surface area contributed by atoms with Gasteiger partial charge in [0.15, 0.2) is 9.92 Å². The monoisotopic (exact) mass is 292 g/mol. The molecule has 3 aromatic rings. The van der Waals surface area contributed by atoms with Crippen molar-refractivity contribution in [2.45, 2.75) is 23.4 Å². The zero-order chi connectivity index (χ0) is 13.2. The maximum atomic E-state index is 5.71. The lowest BCUT2D eigenvalue weighted by Gasteiger charge is -1.90. The molecule has 0 aliphatic heterocycles. The standard InChI is InChI=1S/C12H12N4OS2/c1-2-10-15-12(19-16-10)18-6-11-14-8-5-7(13)3-4-9(8)17-11/h3-5H,2,6,13H2,1H3. The molecule has 7 heteroatoms. The van der Waals surface area contributed by atoms with Gasteiger partial charge in [0.2, 0.25) is 5.89 Å². The van der Waals surface area contributed by atoms with Gasteiger partial charge in [0, 0.05) is 12.1 Å². The number of fused-ring (bicyclic) bond motifs is 1. The van der Waals surface area contributed by atoms with Crippen molar-refractivity contribution in [3.63, 3.8) is 0 Å². The van der Waals surface area contributed by atoms with Gasteiger partial charge in [-0.2, -0.15) is 4.37 Å². The molecule has 0 radical (unpaired) electrons. The summed E-state index contributed by atoms with van der Waals surface area (Å²) in [6.07, 6.45) is 0.860. The Morgan fingerprint density at radius 2 is 2.26 bits per heavy atom. The highest BCUT2D eigenvalue weighted by Crippen LogP contribution is 2.26. The Bertz CT molecular complexity index is 707. The molecule has 0 atom stereocenters. The van der Waals surface area contributed by atoms with Gasteiger partial charge in [-0.3, -0.25) is 0 Å². The van der Waals surface area contributed by atoms with E-state index >= 15 is 0 Å². The number of rotatable bonds is 4. The average molecular weight is 292 g/mol. The lowest BCUT2D eigenvalue weighted by Crippen LogP contribution is -1.83. The van der Waals surface area contributed by atoms with Crippen molar-refractivity contribution >= 4 is 40.1 Å². The Morgan fingerprint density at radius 3 is 3.05 bits per heavy atom. The van der Waals surface area contributed by atoms with Gasteiger partial charge >= 0.3 is 0 Å². The van der Waals surface area contributed by atoms with E-state index in [9.17, 15) is 0 Å². The molecular weight excluding hydrogens is 280 g/mol. The van der Waals surface area contributed by atoms with Crippen molar-refractivity contribution in [3.8, 4) is 0 Å². The van der Waals surface area contributed by atoms with Crippen LogP contribution >= 0.6 is 23.3 Å². The van der Waals surface area contributed by atoms with E-state index in [4.69, 9.17) is 10.2 Å². The molecule has 5 nitrogen and oxygen atoms in total. The van der Waals surface area contributed by atoms with Crippen molar-refractivity contribution in [1.29, 1.82) is 0 Å². The number of oxazole rings is 1. The molecule has 19 heavy (non-hydrogen) atoms. The van der Waals surface area contributed by atoms with Crippen LogP contribution in [0.5, 0.6) is 0 Å². The Kier molecular flexibility index (Phi) is 3.39. The van der Waals surface area contributed by atoms with E-state index in [1.54, 1.807) is 11.8 Å². The number of nitrogen functional groups attached to an aromatic ring is 1. The van der Waals surface area contributed by atoms with E-state index < -0.39 is 0 Å². The first-order chi connectivity index (χ1) is 9.24. The summed E-state index contributed by atoms with van der Waals surface area (Å²) in [4.78, 5) is 8.80. The average Bonchev–Trinajstić information content (AvgIpc) is 3.01. The van der Waals surface area contributed by atoms with Gasteiger partial charge in [-0.15, -0.1) is 0 Å². The molecule has 2 aromatic heterocycles. The minimum absolute atomic E-state index is 0.646. The second-order valence-corrected chi connectivity index (χ2v) is 5.93. The smallest absolute Gasteiger partial charge is 0.205 e. The largest absolute Gasteiger partial charge is 0.440 e. The van der Waals surface area contributed by atoms with Crippen LogP contribution in [0, 0.1) is 0 Å². The number of nitrogens with two attached hydrogens (primary N) is 1. The summed E-state index contributed by atoms with van der Waals surface area (Å²) in [5, 5.41) is 0. The molecule has 2 heterocycles. The molecule has 0 saturated carbocycles. The maximum absolute atomic E-state index is 5.71. The van der Waals surface area contributed by atoms with Gasteiger partial charge in [-0.25, -0.2) is 9.97 Å². The van der Waals surface area contributed by atoms with Crippen LogP contribution < -0.4 is 5.73 Å². The third-order valence-electron chi connectivity index (χ3n) is 2.54. The van der Waals surface area contributed by atoms with Crippen molar-refractivity contribution in [2.24, 2.45) is 0 Å². The van der Waals surface area contributed by atoms with Gasteiger partial charge < -0.3 is 10.2 Å². The van der Waals surface area contributed by atoms with E-state index in [-0.39, 0.29) is 0 Å². The molecule has 3 rings (SSSR count). The molecule has 0 saturated heterocycles. The quantitative estimate of drug-likeness (QED) is 0.588. The van der Waals surface area contributed by atoms with Crippen molar-refractivity contribution < 1.29 is 4.42 Å². The van der Waals surface area contributed by atoms with Gasteiger partial charge in [-0.1, -0.05) is 18.7 Å². The number of anilines is 1. The van der Waals surface area contributed by atoms with Crippen molar-refractivity contribution in [2.75, 3.05) is 5.73 Å². The number of hydrogen-bond acceptors (Lipinski definition) is 7. The van der Waals surface area contributed by atoms with Crippen LogP contribution in [0.1, 0.15) is 18.6 Å². The third kappa shape index (κ3) is 2.71. The minimum Gasteiger partial charge on any atom is -0.440 e. The summed E-state index contributed by atoms with van der Waals surface area (Å²) in [7, 11) is 0. The molecule has 0 amide bonds. The third-order valence-corrected chi connectivity index (χ3v) is 4.40. The van der Waals surface area contributed by atoms with Gasteiger partial charge in [0.25, 0.3) is 0 Å². The minimum atomic E-state index is 0.646. The molecule has 98 valence electrons. The molecule has 0 aliphatic rings. The summed E-state index contributed by atoms with van der Waals surface area (Å²) in [5.74, 6) is 2.21. The van der Waals surface area contributed by atoms with E-state index in [1.165, 1.54) is 11.5 Å².